The van der Waals surface area contributed by atoms with Gasteiger partial charge in [0, 0.05) is 0 Å². The number of aryl methyl sites for hydroxylation is 1. The van der Waals surface area contributed by atoms with Crippen LogP contribution in [0.5, 0.6) is 0 Å². The molecule has 200 valence electrons. The third kappa shape index (κ3) is 7.77. The summed E-state index contributed by atoms with van der Waals surface area (Å²) >= 11 is 7.57. The lowest BCUT2D eigenvalue weighted by Crippen LogP contribution is -2.65. The molecule has 1 saturated heterocycles. The number of hydrogen-bond acceptors (Lipinski definition) is 7. The number of aliphatic hydroxyl groups excluding tert-OH is 3. The van der Waals surface area contributed by atoms with Gasteiger partial charge in [0.25, 0.3) is 0 Å². The maximum absolute atomic E-state index is 13.3. The number of carbonyl (C=O) groups is 1. The molecule has 8 atom stereocenters. The van der Waals surface area contributed by atoms with Crippen LogP contribution in [0.15, 0.2) is 48.1 Å². The Morgan fingerprint density at radius 2 is 2.11 bits per heavy atom. The molecule has 1 aromatic carbocycles. The van der Waals surface area contributed by atoms with Gasteiger partial charge in [0.15, 0.2) is 0 Å². The first kappa shape index (κ1) is 29.1. The van der Waals surface area contributed by atoms with Gasteiger partial charge in [-0.1, -0.05) is 35.9 Å². The van der Waals surface area contributed by atoms with Crippen LogP contribution in [0.2, 0.25) is 0 Å². The number of hydrogen-bond donors (Lipinski definition) is 5. The van der Waals surface area contributed by atoms with E-state index >= 15 is 0 Å². The molecule has 0 aromatic heterocycles. The number of rotatable bonds is 9. The molecule has 2 heterocycles. The first-order valence-electron chi connectivity index (χ1n) is 12.2. The molecule has 1 aromatic rings. The monoisotopic (exact) mass is 542 g/mol. The van der Waals surface area contributed by atoms with Crippen molar-refractivity contribution in [3.05, 3.63) is 59.4 Å². The second-order valence-electron chi connectivity index (χ2n) is 9.23. The van der Waals surface area contributed by atoms with E-state index in [0.29, 0.717) is 13.0 Å². The lowest BCUT2D eigenvalue weighted by atomic mass is 9.93. The molecule has 2 aliphatic rings. The number of halogens is 2. The molecule has 7 nitrogen and oxygen atoms in total. The van der Waals surface area contributed by atoms with Gasteiger partial charge in [0.1, 0.15) is 35.7 Å². The van der Waals surface area contributed by atoms with Crippen molar-refractivity contribution in [3.63, 3.8) is 0 Å². The van der Waals surface area contributed by atoms with E-state index in [2.05, 4.69) is 16.7 Å². The molecule has 1 amide bonds. The molecule has 0 bridgehead atoms. The van der Waals surface area contributed by atoms with Crippen LogP contribution in [0, 0.1) is 5.82 Å². The molecule has 1 fully saturated rings. The summed E-state index contributed by atoms with van der Waals surface area (Å²) in [6.07, 6.45) is 5.60. The van der Waals surface area contributed by atoms with Crippen molar-refractivity contribution >= 4 is 29.3 Å². The fourth-order valence-corrected chi connectivity index (χ4v) is 5.35. The Kier molecular flexibility index (Phi) is 11.2. The SMILES string of the molecule is CSC1O[C@H]([C@H](NC(=O)[C@@H]2CC=C(/C=C/CCc3cccc(F)c3)CCN2)[C@H](C)Cl)C(O)C(O)[C@H]1O. The third-order valence-corrected chi connectivity index (χ3v) is 7.68. The van der Waals surface area contributed by atoms with E-state index in [4.69, 9.17) is 16.3 Å². The largest absolute Gasteiger partial charge is 0.388 e. The number of ether oxygens (including phenoxy) is 1. The maximum Gasteiger partial charge on any atom is 0.237 e. The normalized spacial score (nSPS) is 30.9. The van der Waals surface area contributed by atoms with Gasteiger partial charge in [-0.3, -0.25) is 4.79 Å². The van der Waals surface area contributed by atoms with Crippen LogP contribution in [0.1, 0.15) is 31.7 Å². The first-order valence-corrected chi connectivity index (χ1v) is 13.9. The van der Waals surface area contributed by atoms with Crippen LogP contribution in [0.3, 0.4) is 0 Å². The predicted molar refractivity (Wildman–Crippen MR) is 140 cm³/mol. The van der Waals surface area contributed by atoms with Crippen LogP contribution in [0.25, 0.3) is 0 Å². The van der Waals surface area contributed by atoms with Gasteiger partial charge in [-0.25, -0.2) is 4.39 Å². The van der Waals surface area contributed by atoms with Crippen molar-refractivity contribution in [1.29, 1.82) is 0 Å². The number of alkyl halides is 1. The van der Waals surface area contributed by atoms with Gasteiger partial charge in [-0.2, -0.15) is 0 Å². The molecule has 0 saturated carbocycles. The highest BCUT2D eigenvalue weighted by molar-refractivity contribution is 7.99. The second-order valence-corrected chi connectivity index (χ2v) is 10.9. The van der Waals surface area contributed by atoms with E-state index in [1.165, 1.54) is 17.8 Å². The average Bonchev–Trinajstić information content (AvgIpc) is 3.10. The minimum Gasteiger partial charge on any atom is -0.388 e. The van der Waals surface area contributed by atoms with Gasteiger partial charge in [0.2, 0.25) is 5.91 Å². The van der Waals surface area contributed by atoms with Crippen LogP contribution in [-0.2, 0) is 16.0 Å². The Labute approximate surface area is 221 Å². The van der Waals surface area contributed by atoms with Crippen LogP contribution < -0.4 is 10.6 Å². The highest BCUT2D eigenvalue weighted by Crippen LogP contribution is 2.30. The van der Waals surface area contributed by atoms with E-state index < -0.39 is 47.3 Å². The summed E-state index contributed by atoms with van der Waals surface area (Å²) in [5, 5.41) is 36.5. The number of allylic oxidation sites excluding steroid dienone is 2. The lowest BCUT2D eigenvalue weighted by Gasteiger charge is -2.44. The summed E-state index contributed by atoms with van der Waals surface area (Å²) in [5.74, 6) is -0.510. The summed E-state index contributed by atoms with van der Waals surface area (Å²) in [7, 11) is 0. The molecular formula is C26H36ClFN2O5S. The minimum atomic E-state index is -1.41. The molecule has 10 heteroatoms. The summed E-state index contributed by atoms with van der Waals surface area (Å²) in [6, 6.07) is 5.33. The number of aliphatic hydroxyl groups is 3. The highest BCUT2D eigenvalue weighted by atomic mass is 35.5. The zero-order valence-corrected chi connectivity index (χ0v) is 22.1. The Hall–Kier alpha value is -1.46. The molecule has 3 rings (SSSR count). The van der Waals surface area contributed by atoms with E-state index in [1.54, 1.807) is 25.3 Å². The lowest BCUT2D eigenvalue weighted by molar-refractivity contribution is -0.205. The smallest absolute Gasteiger partial charge is 0.237 e. The summed E-state index contributed by atoms with van der Waals surface area (Å²) < 4.78 is 19.1. The van der Waals surface area contributed by atoms with Gasteiger partial charge < -0.3 is 30.7 Å². The third-order valence-electron chi connectivity index (χ3n) is 6.55. The minimum absolute atomic E-state index is 0.230. The van der Waals surface area contributed by atoms with Crippen molar-refractivity contribution in [2.45, 2.75) is 79.9 Å². The van der Waals surface area contributed by atoms with Gasteiger partial charge in [-0.15, -0.1) is 23.4 Å². The van der Waals surface area contributed by atoms with Gasteiger partial charge in [-0.05, 0) is 63.1 Å². The molecule has 5 N–H and O–H groups in total. The van der Waals surface area contributed by atoms with Crippen LogP contribution in [-0.4, -0.2) is 81.3 Å². The fraction of sp³-hybridized carbons (Fsp3) is 0.577. The Morgan fingerprint density at radius 3 is 2.81 bits per heavy atom. The molecule has 0 spiro atoms. The average molecular weight is 543 g/mol. The van der Waals surface area contributed by atoms with E-state index in [-0.39, 0.29) is 11.7 Å². The Bertz CT molecular complexity index is 931. The summed E-state index contributed by atoms with van der Waals surface area (Å²) in [6.45, 7) is 2.29. The number of benzene rings is 1. The summed E-state index contributed by atoms with van der Waals surface area (Å²) in [5.41, 5.74) is 1.32. The molecule has 2 aliphatic heterocycles. The van der Waals surface area contributed by atoms with E-state index in [1.807, 2.05) is 18.2 Å². The molecule has 36 heavy (non-hydrogen) atoms. The van der Waals surface area contributed by atoms with Crippen molar-refractivity contribution in [1.82, 2.24) is 10.6 Å². The number of amides is 1. The molecule has 0 radical (unpaired) electrons. The molecule has 0 aliphatic carbocycles. The van der Waals surface area contributed by atoms with Crippen molar-refractivity contribution in [3.8, 4) is 0 Å². The second kappa shape index (κ2) is 13.9. The summed E-state index contributed by atoms with van der Waals surface area (Å²) in [4.78, 5) is 13.1. The number of thioether (sulfide) groups is 1. The predicted octanol–water partition coefficient (Wildman–Crippen LogP) is 2.28. The van der Waals surface area contributed by atoms with Crippen molar-refractivity contribution < 1.29 is 29.2 Å². The van der Waals surface area contributed by atoms with Gasteiger partial charge >= 0.3 is 0 Å². The fourth-order valence-electron chi connectivity index (χ4n) is 4.46. The Morgan fingerprint density at radius 1 is 1.33 bits per heavy atom. The van der Waals surface area contributed by atoms with Crippen molar-refractivity contribution in [2.75, 3.05) is 12.8 Å². The highest BCUT2D eigenvalue weighted by Gasteiger charge is 2.48. The zero-order valence-electron chi connectivity index (χ0n) is 20.5. The number of nitrogens with one attached hydrogen (secondary N) is 2. The van der Waals surface area contributed by atoms with E-state index in [9.17, 15) is 24.5 Å². The topological polar surface area (TPSA) is 111 Å². The molecular weight excluding hydrogens is 507 g/mol. The van der Waals surface area contributed by atoms with Gasteiger partial charge in [0.05, 0.1) is 17.5 Å². The van der Waals surface area contributed by atoms with Crippen LogP contribution in [0.4, 0.5) is 4.39 Å². The van der Waals surface area contributed by atoms with E-state index in [0.717, 1.165) is 30.4 Å². The molecule has 3 unspecified atom stereocenters. The first-order chi connectivity index (χ1) is 17.2. The number of carbonyl (C=O) groups excluding carboxylic acids is 1. The quantitative estimate of drug-likeness (QED) is 0.304. The van der Waals surface area contributed by atoms with Crippen molar-refractivity contribution in [2.24, 2.45) is 0 Å². The Balaban J connectivity index is 1.57. The van der Waals surface area contributed by atoms with Crippen LogP contribution >= 0.6 is 23.4 Å². The maximum atomic E-state index is 13.3. The standard InChI is InChI=1S/C26H36ClFN2O5S/c1-15(27)20(24-22(32)21(31)23(33)26(35-24)36-2)30-25(34)19-11-10-16(12-13-29-19)6-3-4-7-17-8-5-9-18(28)14-17/h3,5-6,8-10,14-15,19-24,26,29,31-33H,4,7,11-13H2,1-2H3,(H,30,34)/b6-3+/t15-,19-,20+,21?,22?,23+,24+,26?/m0/s1. The zero-order chi connectivity index (χ0) is 26.2.